The molecule has 0 radical (unpaired) electrons. The highest BCUT2D eigenvalue weighted by Gasteiger charge is 2.72. The van der Waals surface area contributed by atoms with Crippen molar-refractivity contribution in [1.82, 2.24) is 4.90 Å². The first-order chi connectivity index (χ1) is 17.3. The summed E-state index contributed by atoms with van der Waals surface area (Å²) in [5.74, 6) is -2.49. The molecule has 1 unspecified atom stereocenters. The summed E-state index contributed by atoms with van der Waals surface area (Å²) in [5, 5.41) is 10.3. The number of hydrogen-bond donors (Lipinski definition) is 1. The molecule has 0 saturated carbocycles. The predicted octanol–water partition coefficient (Wildman–Crippen LogP) is 1.70. The van der Waals surface area contributed by atoms with E-state index in [9.17, 15) is 19.5 Å². The van der Waals surface area contributed by atoms with Gasteiger partial charge in [0.15, 0.2) is 0 Å². The van der Waals surface area contributed by atoms with Crippen molar-refractivity contribution in [3.05, 3.63) is 48.6 Å². The van der Waals surface area contributed by atoms with Crippen LogP contribution in [0.15, 0.2) is 48.6 Å². The fraction of sp³-hybridized carbons (Fsp3) is 0.519. The van der Waals surface area contributed by atoms with E-state index in [1.807, 2.05) is 32.1 Å². The van der Waals surface area contributed by atoms with Crippen molar-refractivity contribution in [1.29, 1.82) is 0 Å². The Labute approximate surface area is 210 Å². The van der Waals surface area contributed by atoms with Gasteiger partial charge in [0.1, 0.15) is 23.3 Å². The second-order valence-corrected chi connectivity index (χ2v) is 10.0. The highest BCUT2D eigenvalue weighted by Crippen LogP contribution is 2.54. The first-order valence-corrected chi connectivity index (χ1v) is 12.4. The van der Waals surface area contributed by atoms with Gasteiger partial charge in [0.05, 0.1) is 38.4 Å². The number of likely N-dealkylation sites (tertiary alicyclic amines) is 1. The summed E-state index contributed by atoms with van der Waals surface area (Å²) in [6.07, 6.45) is 7.16. The quantitative estimate of drug-likeness (QED) is 0.489. The van der Waals surface area contributed by atoms with Crippen LogP contribution in [0.3, 0.4) is 0 Å². The van der Waals surface area contributed by atoms with Crippen LogP contribution in [0.2, 0.25) is 0 Å². The van der Waals surface area contributed by atoms with Gasteiger partial charge in [-0.2, -0.15) is 0 Å². The molecule has 1 aromatic carbocycles. The number of anilines is 1. The van der Waals surface area contributed by atoms with E-state index in [2.05, 4.69) is 0 Å². The third-order valence-corrected chi connectivity index (χ3v) is 7.76. The average molecular weight is 497 g/mol. The van der Waals surface area contributed by atoms with Crippen LogP contribution in [0.1, 0.15) is 20.3 Å². The molecule has 0 aromatic heterocycles. The van der Waals surface area contributed by atoms with Gasteiger partial charge in [0.2, 0.25) is 5.91 Å². The lowest BCUT2D eigenvalue weighted by atomic mass is 9.77. The van der Waals surface area contributed by atoms with Crippen molar-refractivity contribution in [3.63, 3.8) is 0 Å². The molecule has 1 aromatic rings. The molecule has 5 rings (SSSR count). The highest BCUT2D eigenvalue weighted by atomic mass is 16.6. The lowest BCUT2D eigenvalue weighted by molar-refractivity contribution is -0.155. The number of hydrogen-bond acceptors (Lipinski definition) is 7. The van der Waals surface area contributed by atoms with Crippen LogP contribution < -0.4 is 9.64 Å². The Hall–Kier alpha value is -3.17. The molecule has 192 valence electrons. The van der Waals surface area contributed by atoms with Gasteiger partial charge in [-0.15, -0.1) is 0 Å². The summed E-state index contributed by atoms with van der Waals surface area (Å²) >= 11 is 0. The van der Waals surface area contributed by atoms with Gasteiger partial charge >= 0.3 is 5.97 Å². The van der Waals surface area contributed by atoms with Crippen LogP contribution in [-0.4, -0.2) is 78.4 Å². The zero-order valence-corrected chi connectivity index (χ0v) is 20.7. The summed E-state index contributed by atoms with van der Waals surface area (Å²) in [5.41, 5.74) is -0.715. The molecular weight excluding hydrogens is 464 g/mol. The summed E-state index contributed by atoms with van der Waals surface area (Å²) in [4.78, 5) is 44.6. The smallest absolute Gasteiger partial charge is 0.312 e. The van der Waals surface area contributed by atoms with Crippen molar-refractivity contribution in [2.24, 2.45) is 17.8 Å². The summed E-state index contributed by atoms with van der Waals surface area (Å²) in [6.45, 7) is 3.96. The van der Waals surface area contributed by atoms with Gasteiger partial charge in [-0.25, -0.2) is 0 Å². The lowest BCUT2D eigenvalue weighted by Gasteiger charge is -2.39. The Bertz CT molecular complexity index is 1100. The van der Waals surface area contributed by atoms with Gasteiger partial charge in [-0.3, -0.25) is 14.4 Å². The van der Waals surface area contributed by atoms with Gasteiger partial charge in [-0.1, -0.05) is 38.2 Å². The van der Waals surface area contributed by atoms with Crippen molar-refractivity contribution in [3.8, 4) is 5.75 Å². The van der Waals surface area contributed by atoms with E-state index >= 15 is 0 Å². The van der Waals surface area contributed by atoms with Crippen LogP contribution >= 0.6 is 0 Å². The second kappa shape index (κ2) is 9.37. The number of esters is 1. The molecule has 4 heterocycles. The minimum absolute atomic E-state index is 0.135. The fourth-order valence-electron chi connectivity index (χ4n) is 6.02. The van der Waals surface area contributed by atoms with E-state index in [4.69, 9.17) is 14.2 Å². The number of amides is 2. The zero-order valence-electron chi connectivity index (χ0n) is 20.7. The lowest BCUT2D eigenvalue weighted by Crippen LogP contribution is -2.59. The largest absolute Gasteiger partial charge is 0.497 e. The van der Waals surface area contributed by atoms with E-state index in [0.29, 0.717) is 17.9 Å². The molecule has 1 N–H and O–H groups in total. The number of rotatable bonds is 5. The first-order valence-electron chi connectivity index (χ1n) is 12.4. The van der Waals surface area contributed by atoms with Gasteiger partial charge in [-0.05, 0) is 36.6 Å². The molecule has 2 saturated heterocycles. The second-order valence-electron chi connectivity index (χ2n) is 10.0. The molecule has 9 heteroatoms. The van der Waals surface area contributed by atoms with Crippen LogP contribution in [0.25, 0.3) is 0 Å². The van der Waals surface area contributed by atoms with Gasteiger partial charge < -0.3 is 29.1 Å². The number of methoxy groups -OCH3 is 1. The number of benzene rings is 1. The number of nitrogens with zero attached hydrogens (tertiary/aromatic N) is 2. The van der Waals surface area contributed by atoms with Crippen LogP contribution in [0.5, 0.6) is 5.75 Å². The normalized spacial score (nSPS) is 32.4. The minimum atomic E-state index is -1.36. The van der Waals surface area contributed by atoms with E-state index in [1.165, 1.54) is 4.90 Å². The minimum Gasteiger partial charge on any atom is -0.497 e. The maximum absolute atomic E-state index is 14.3. The number of carbonyl (C=O) groups excluding carboxylic acids is 3. The SMILES string of the molecule is COc1ccc(N2CC=C[C@]34O[C@H]5C=CCCOC(=O)[C@H]5[C@H]3C(=O)N([C@@H](CO)C(C)C)C4C2=O)cc1. The molecule has 0 aliphatic carbocycles. The van der Waals surface area contributed by atoms with E-state index in [-0.39, 0.29) is 37.5 Å². The Morgan fingerprint density at radius 1 is 1.14 bits per heavy atom. The number of aliphatic hydroxyl groups is 1. The van der Waals surface area contributed by atoms with E-state index < -0.39 is 41.6 Å². The standard InChI is InChI=1S/C27H32N2O7/c1-16(2)19(15-30)29-23-25(32)28(17-8-10-18(34-3)11-9-17)13-6-12-27(23)22(24(29)31)21-20(36-27)7-4-5-14-35-26(21)33/h4,6-12,16,19-23,30H,5,13-15H2,1-3H3/t19-,20-,21+,22-,23?,27-/m0/s1. The summed E-state index contributed by atoms with van der Waals surface area (Å²) in [7, 11) is 1.57. The Morgan fingerprint density at radius 2 is 1.89 bits per heavy atom. The number of aliphatic hydroxyl groups excluding tert-OH is 1. The first kappa shape index (κ1) is 24.5. The average Bonchev–Trinajstić information content (AvgIpc) is 3.23. The van der Waals surface area contributed by atoms with Crippen molar-refractivity contribution >= 4 is 23.5 Å². The Morgan fingerprint density at radius 3 is 2.56 bits per heavy atom. The van der Waals surface area contributed by atoms with Gasteiger partial charge in [0, 0.05) is 12.2 Å². The monoisotopic (exact) mass is 496 g/mol. The third-order valence-electron chi connectivity index (χ3n) is 7.76. The molecule has 6 atom stereocenters. The molecule has 0 bridgehead atoms. The Kier molecular flexibility index (Phi) is 6.38. The molecule has 4 aliphatic rings. The van der Waals surface area contributed by atoms with Crippen LogP contribution in [-0.2, 0) is 23.9 Å². The topological polar surface area (TPSA) is 106 Å². The summed E-state index contributed by atoms with van der Waals surface area (Å²) in [6, 6.07) is 5.44. The molecule has 9 nitrogen and oxygen atoms in total. The number of fused-ring (bicyclic) bond motifs is 2. The van der Waals surface area contributed by atoms with Crippen molar-refractivity contribution in [2.75, 3.05) is 31.8 Å². The van der Waals surface area contributed by atoms with Crippen molar-refractivity contribution in [2.45, 2.75) is 44.1 Å². The van der Waals surface area contributed by atoms with Gasteiger partial charge in [0.25, 0.3) is 5.91 Å². The molecule has 4 aliphatic heterocycles. The van der Waals surface area contributed by atoms with E-state index in [0.717, 1.165) is 0 Å². The van der Waals surface area contributed by atoms with E-state index in [1.54, 1.807) is 42.4 Å². The van der Waals surface area contributed by atoms with Crippen molar-refractivity contribution < 1.29 is 33.7 Å². The fourth-order valence-corrected chi connectivity index (χ4v) is 6.02. The maximum atomic E-state index is 14.3. The molecule has 36 heavy (non-hydrogen) atoms. The number of ether oxygens (including phenoxy) is 3. The predicted molar refractivity (Wildman–Crippen MR) is 130 cm³/mol. The molecule has 2 amide bonds. The maximum Gasteiger partial charge on any atom is 0.312 e. The molecule has 2 fully saturated rings. The van der Waals surface area contributed by atoms with Crippen LogP contribution in [0.4, 0.5) is 5.69 Å². The molecule has 1 spiro atoms. The number of carbonyl (C=O) groups is 3. The summed E-state index contributed by atoms with van der Waals surface area (Å²) < 4.78 is 17.2. The molecular formula is C27H32N2O7. The third kappa shape index (κ3) is 3.64. The number of cyclic esters (lactones) is 1. The zero-order chi connectivity index (χ0) is 25.6. The highest BCUT2D eigenvalue weighted by molar-refractivity contribution is 6.05. The Balaban J connectivity index is 1.64. The van der Waals surface area contributed by atoms with Crippen LogP contribution in [0, 0.1) is 17.8 Å².